The Hall–Kier alpha value is -2.75. The van der Waals surface area contributed by atoms with Crippen molar-refractivity contribution in [3.05, 3.63) is 0 Å². The first kappa shape index (κ1) is 38.3. The molecule has 43 heavy (non-hydrogen) atoms. The maximum Gasteiger partial charge on any atom is 0.418 e. The zero-order chi connectivity index (χ0) is 33.6. The molecule has 0 amide bonds. The summed E-state index contributed by atoms with van der Waals surface area (Å²) in [5.74, 6) is -5.04. The number of ether oxygens (including phenoxy) is 6. The minimum atomic E-state index is -5.26. The summed E-state index contributed by atoms with van der Waals surface area (Å²) in [6, 6.07) is 0. The molecule has 0 radical (unpaired) electrons. The van der Waals surface area contributed by atoms with Crippen molar-refractivity contribution in [1.82, 2.24) is 0 Å². The van der Waals surface area contributed by atoms with Gasteiger partial charge in [0.1, 0.15) is 6.10 Å². The van der Waals surface area contributed by atoms with Gasteiger partial charge in [0.05, 0.1) is 17.0 Å². The lowest BCUT2D eigenvalue weighted by atomic mass is 9.94. The lowest BCUT2D eigenvalue weighted by molar-refractivity contribution is -0.312. The SMILES string of the molecule is CC(=O)OC1C(CP(=O)(OCOC(=O)C(C)(C)C)OCOC(=O)C(C)(C)C)OC(C(F)(F)F)C(OC(C)=O)C1OC(C)=O. The predicted octanol–water partition coefficient (Wildman–Crippen LogP) is 3.43. The summed E-state index contributed by atoms with van der Waals surface area (Å²) in [5.41, 5.74) is -2.04. The fourth-order valence-corrected chi connectivity index (χ4v) is 4.87. The third-order valence-corrected chi connectivity index (χ3v) is 7.17. The Morgan fingerprint density at radius 3 is 1.40 bits per heavy atom. The van der Waals surface area contributed by atoms with Gasteiger partial charge in [-0.25, -0.2) is 0 Å². The average Bonchev–Trinajstić information content (AvgIpc) is 2.79. The van der Waals surface area contributed by atoms with Crippen LogP contribution >= 0.6 is 7.60 Å². The highest BCUT2D eigenvalue weighted by Gasteiger charge is 2.61. The number of hydrogen-bond donors (Lipinski definition) is 0. The minimum Gasteiger partial charge on any atom is -0.456 e. The van der Waals surface area contributed by atoms with Crippen molar-refractivity contribution < 1.29 is 79.2 Å². The number of alkyl halides is 3. The molecule has 14 nitrogen and oxygen atoms in total. The van der Waals surface area contributed by atoms with Gasteiger partial charge in [-0.15, -0.1) is 0 Å². The van der Waals surface area contributed by atoms with E-state index in [9.17, 15) is 41.7 Å². The van der Waals surface area contributed by atoms with Crippen LogP contribution in [0.4, 0.5) is 13.2 Å². The van der Waals surface area contributed by atoms with Gasteiger partial charge in [0.2, 0.25) is 13.6 Å². The molecule has 18 heteroatoms. The summed E-state index contributed by atoms with van der Waals surface area (Å²) in [4.78, 5) is 59.8. The summed E-state index contributed by atoms with van der Waals surface area (Å²) in [6.07, 6.45) is -17.8. The summed E-state index contributed by atoms with van der Waals surface area (Å²) >= 11 is 0. The zero-order valence-electron chi connectivity index (χ0n) is 25.3. The molecule has 1 aliphatic heterocycles. The highest BCUT2D eigenvalue weighted by Crippen LogP contribution is 2.51. The Kier molecular flexibility index (Phi) is 13.2. The van der Waals surface area contributed by atoms with Crippen LogP contribution in [-0.4, -0.2) is 86.3 Å². The molecule has 5 atom stereocenters. The van der Waals surface area contributed by atoms with Crippen molar-refractivity contribution in [3.63, 3.8) is 0 Å². The molecule has 1 heterocycles. The van der Waals surface area contributed by atoms with Crippen LogP contribution < -0.4 is 0 Å². The third-order valence-electron chi connectivity index (χ3n) is 5.37. The number of esters is 5. The van der Waals surface area contributed by atoms with E-state index in [1.165, 1.54) is 41.5 Å². The Bertz CT molecular complexity index is 1040. The topological polar surface area (TPSA) is 176 Å². The molecule has 0 aromatic heterocycles. The largest absolute Gasteiger partial charge is 0.456 e. The molecule has 1 saturated heterocycles. The van der Waals surface area contributed by atoms with E-state index < -0.39 is 105 Å². The molecule has 1 aliphatic rings. The van der Waals surface area contributed by atoms with Crippen LogP contribution in [0, 0.1) is 10.8 Å². The van der Waals surface area contributed by atoms with Gasteiger partial charge in [0.15, 0.2) is 24.4 Å². The number of carbonyl (C=O) groups excluding carboxylic acids is 5. The molecular formula is C25H38F3O14P. The van der Waals surface area contributed by atoms with E-state index in [1.807, 2.05) is 0 Å². The molecule has 0 bridgehead atoms. The van der Waals surface area contributed by atoms with Gasteiger partial charge in [-0.05, 0) is 41.5 Å². The maximum atomic E-state index is 14.1. The smallest absolute Gasteiger partial charge is 0.418 e. The molecule has 0 N–H and O–H groups in total. The highest BCUT2D eigenvalue weighted by atomic mass is 31.2. The summed E-state index contributed by atoms with van der Waals surface area (Å²) < 4.78 is 96.4. The van der Waals surface area contributed by atoms with E-state index in [0.717, 1.165) is 20.8 Å². The lowest BCUT2D eigenvalue weighted by Gasteiger charge is -2.45. The van der Waals surface area contributed by atoms with Crippen LogP contribution in [0.5, 0.6) is 0 Å². The predicted molar refractivity (Wildman–Crippen MR) is 137 cm³/mol. The first-order chi connectivity index (χ1) is 19.4. The molecule has 0 aromatic carbocycles. The van der Waals surface area contributed by atoms with Crippen molar-refractivity contribution in [1.29, 1.82) is 0 Å². The number of halogens is 3. The second-order valence-electron chi connectivity index (χ2n) is 11.5. The van der Waals surface area contributed by atoms with E-state index in [4.69, 9.17) is 37.5 Å². The van der Waals surface area contributed by atoms with Gasteiger partial charge in [-0.2, -0.15) is 13.2 Å². The van der Waals surface area contributed by atoms with Crippen molar-refractivity contribution in [3.8, 4) is 0 Å². The minimum absolute atomic E-state index is 0.791. The Morgan fingerprint density at radius 2 is 1.05 bits per heavy atom. The van der Waals surface area contributed by atoms with Crippen LogP contribution in [-0.2, 0) is 66.0 Å². The molecule has 0 saturated carbocycles. The first-order valence-electron chi connectivity index (χ1n) is 12.8. The van der Waals surface area contributed by atoms with Gasteiger partial charge in [0, 0.05) is 20.8 Å². The molecule has 248 valence electrons. The van der Waals surface area contributed by atoms with E-state index in [2.05, 4.69) is 0 Å². The van der Waals surface area contributed by atoms with E-state index in [0.29, 0.717) is 0 Å². The quantitative estimate of drug-likeness (QED) is 0.138. The van der Waals surface area contributed by atoms with Crippen molar-refractivity contribution >= 4 is 37.4 Å². The summed E-state index contributed by atoms with van der Waals surface area (Å²) in [5, 5.41) is 0. The van der Waals surface area contributed by atoms with Crippen LogP contribution in [0.3, 0.4) is 0 Å². The molecule has 1 rings (SSSR count). The Balaban J connectivity index is 3.53. The van der Waals surface area contributed by atoms with Crippen LogP contribution in [0.25, 0.3) is 0 Å². The number of carbonyl (C=O) groups is 5. The summed E-state index contributed by atoms with van der Waals surface area (Å²) in [7, 11) is -4.76. The lowest BCUT2D eigenvalue weighted by Crippen LogP contribution is -2.65. The van der Waals surface area contributed by atoms with Crippen molar-refractivity contribution in [2.24, 2.45) is 10.8 Å². The van der Waals surface area contributed by atoms with Crippen LogP contribution in [0.15, 0.2) is 0 Å². The van der Waals surface area contributed by atoms with Gasteiger partial charge < -0.3 is 28.4 Å². The van der Waals surface area contributed by atoms with Crippen molar-refractivity contribution in [2.75, 3.05) is 19.7 Å². The number of rotatable bonds is 11. The second kappa shape index (κ2) is 14.8. The Morgan fingerprint density at radius 1 is 0.674 bits per heavy atom. The van der Waals surface area contributed by atoms with Crippen LogP contribution in [0.2, 0.25) is 0 Å². The van der Waals surface area contributed by atoms with Gasteiger partial charge in [0.25, 0.3) is 0 Å². The molecule has 0 aliphatic carbocycles. The van der Waals surface area contributed by atoms with Gasteiger partial charge in [-0.3, -0.25) is 37.6 Å². The molecule has 1 fully saturated rings. The third kappa shape index (κ3) is 12.4. The first-order valence-corrected chi connectivity index (χ1v) is 14.6. The highest BCUT2D eigenvalue weighted by molar-refractivity contribution is 7.53. The fraction of sp³-hybridized carbons (Fsp3) is 0.800. The van der Waals surface area contributed by atoms with E-state index in [1.54, 1.807) is 0 Å². The zero-order valence-corrected chi connectivity index (χ0v) is 26.2. The number of hydrogen-bond acceptors (Lipinski definition) is 14. The fourth-order valence-electron chi connectivity index (χ4n) is 3.42. The standard InChI is InChI=1S/C25H38F3O14P/c1-13(29)39-17-16(42-20(25(26,27)28)19(41-15(3)31)18(17)40-14(2)30)10-43(34,37-11-35-21(32)23(4,5)6)38-12-36-22(33)24(7,8)9/h16-20H,10-12H2,1-9H3. The second-order valence-corrected chi connectivity index (χ2v) is 13.6. The normalized spacial score (nSPS) is 23.1. The van der Waals surface area contributed by atoms with E-state index >= 15 is 0 Å². The molecular weight excluding hydrogens is 612 g/mol. The molecule has 0 aromatic rings. The van der Waals surface area contributed by atoms with Gasteiger partial charge in [-0.1, -0.05) is 0 Å². The van der Waals surface area contributed by atoms with Gasteiger partial charge >= 0.3 is 43.6 Å². The van der Waals surface area contributed by atoms with E-state index in [-0.39, 0.29) is 0 Å². The maximum absolute atomic E-state index is 14.1. The Labute approximate surface area is 246 Å². The van der Waals surface area contributed by atoms with Crippen LogP contribution in [0.1, 0.15) is 62.3 Å². The molecule has 5 unspecified atom stereocenters. The average molecular weight is 651 g/mol. The van der Waals surface area contributed by atoms with Crippen molar-refractivity contribution in [2.45, 2.75) is 99.0 Å². The molecule has 0 spiro atoms. The monoisotopic (exact) mass is 650 g/mol. The summed E-state index contributed by atoms with van der Waals surface area (Å²) in [6.45, 7) is 9.49.